The highest BCUT2D eigenvalue weighted by Crippen LogP contribution is 2.44. The molecule has 4 aromatic rings. The molecular formula is C25H16N2O4. The van der Waals surface area contributed by atoms with Crippen molar-refractivity contribution in [3.05, 3.63) is 112 Å². The Bertz CT molecular complexity index is 1430. The predicted octanol–water partition coefficient (Wildman–Crippen LogP) is 4.80. The summed E-state index contributed by atoms with van der Waals surface area (Å²) in [6.45, 7) is 0. The number of hydrogen-bond donors (Lipinski definition) is 1. The third-order valence-corrected chi connectivity index (χ3v) is 5.14. The van der Waals surface area contributed by atoms with Gasteiger partial charge in [-0.2, -0.15) is 5.26 Å². The standard InChI is InChI=1S/C25H16N2O4/c26-14-19-21(15-7-6-10-17(13-15)29-16-8-2-1-3-9-16)22-23(31-24(19)27)18-11-4-5-12-20(18)30-25(22)28/h1-13,21H,27H2. The summed E-state index contributed by atoms with van der Waals surface area (Å²) in [5.74, 6) is 0.771. The van der Waals surface area contributed by atoms with Crippen LogP contribution in [0.5, 0.6) is 17.2 Å². The van der Waals surface area contributed by atoms with Gasteiger partial charge in [0.05, 0.1) is 16.9 Å². The summed E-state index contributed by atoms with van der Waals surface area (Å²) < 4.78 is 17.2. The first-order valence-corrected chi connectivity index (χ1v) is 9.62. The number of allylic oxidation sites excluding steroid dienone is 1. The number of nitrogens with two attached hydrogens (primary N) is 1. The molecule has 6 nitrogen and oxygen atoms in total. The molecule has 3 aromatic carbocycles. The Hall–Kier alpha value is -4.50. The van der Waals surface area contributed by atoms with Crippen molar-refractivity contribution in [1.29, 1.82) is 5.26 Å². The fraction of sp³-hybridized carbons (Fsp3) is 0.0400. The Labute approximate surface area is 177 Å². The topological polar surface area (TPSA) is 98.5 Å². The van der Waals surface area contributed by atoms with Crippen LogP contribution in [0.2, 0.25) is 0 Å². The molecule has 0 bridgehead atoms. The van der Waals surface area contributed by atoms with Crippen molar-refractivity contribution < 1.29 is 13.9 Å². The second kappa shape index (κ2) is 7.39. The van der Waals surface area contributed by atoms with Crippen LogP contribution < -0.4 is 20.8 Å². The van der Waals surface area contributed by atoms with Crippen molar-refractivity contribution in [2.24, 2.45) is 5.73 Å². The van der Waals surface area contributed by atoms with E-state index in [0.29, 0.717) is 33.8 Å². The molecule has 0 saturated heterocycles. The monoisotopic (exact) mass is 408 g/mol. The number of fused-ring (bicyclic) bond motifs is 3. The van der Waals surface area contributed by atoms with Gasteiger partial charge >= 0.3 is 5.63 Å². The van der Waals surface area contributed by atoms with E-state index in [4.69, 9.17) is 19.6 Å². The van der Waals surface area contributed by atoms with Crippen molar-refractivity contribution in [3.63, 3.8) is 0 Å². The summed E-state index contributed by atoms with van der Waals surface area (Å²) in [4.78, 5) is 13.0. The summed E-state index contributed by atoms with van der Waals surface area (Å²) in [5.41, 5.74) is 6.97. The summed E-state index contributed by atoms with van der Waals surface area (Å²) in [5, 5.41) is 10.4. The molecule has 1 aromatic heterocycles. The molecule has 0 radical (unpaired) electrons. The van der Waals surface area contributed by atoms with Crippen molar-refractivity contribution in [1.82, 2.24) is 0 Å². The van der Waals surface area contributed by atoms with Gasteiger partial charge in [0.1, 0.15) is 28.7 Å². The highest BCUT2D eigenvalue weighted by atomic mass is 16.5. The number of nitrogens with zero attached hydrogens (tertiary/aromatic N) is 1. The molecule has 1 unspecified atom stereocenters. The number of rotatable bonds is 3. The highest BCUT2D eigenvalue weighted by Gasteiger charge is 2.35. The zero-order chi connectivity index (χ0) is 21.4. The van der Waals surface area contributed by atoms with E-state index in [1.54, 1.807) is 36.4 Å². The molecule has 6 heteroatoms. The zero-order valence-electron chi connectivity index (χ0n) is 16.2. The van der Waals surface area contributed by atoms with Crippen LogP contribution in [0.15, 0.2) is 99.5 Å². The van der Waals surface area contributed by atoms with Gasteiger partial charge in [-0.05, 0) is 42.0 Å². The molecule has 0 fully saturated rings. The number of para-hydroxylation sites is 2. The summed E-state index contributed by atoms with van der Waals surface area (Å²) >= 11 is 0. The molecule has 0 amide bonds. The Kier molecular flexibility index (Phi) is 4.42. The van der Waals surface area contributed by atoms with Crippen LogP contribution in [0.25, 0.3) is 11.0 Å². The lowest BCUT2D eigenvalue weighted by Crippen LogP contribution is -2.26. The molecule has 0 aliphatic carbocycles. The minimum absolute atomic E-state index is 0.0369. The van der Waals surface area contributed by atoms with E-state index in [0.717, 1.165) is 0 Å². The van der Waals surface area contributed by atoms with Gasteiger partial charge in [-0.1, -0.05) is 42.5 Å². The maximum absolute atomic E-state index is 13.0. The fourth-order valence-electron chi connectivity index (χ4n) is 3.78. The van der Waals surface area contributed by atoms with Crippen LogP contribution in [-0.4, -0.2) is 0 Å². The van der Waals surface area contributed by atoms with Crippen LogP contribution in [0.1, 0.15) is 17.0 Å². The lowest BCUT2D eigenvalue weighted by Gasteiger charge is -2.26. The van der Waals surface area contributed by atoms with Gasteiger partial charge in [-0.15, -0.1) is 0 Å². The third kappa shape index (κ3) is 3.18. The molecule has 150 valence electrons. The average molecular weight is 408 g/mol. The van der Waals surface area contributed by atoms with Gasteiger partial charge in [-0.3, -0.25) is 0 Å². The largest absolute Gasteiger partial charge is 0.457 e. The van der Waals surface area contributed by atoms with Gasteiger partial charge in [0, 0.05) is 0 Å². The second-order valence-electron chi connectivity index (χ2n) is 7.04. The summed E-state index contributed by atoms with van der Waals surface area (Å²) in [6.07, 6.45) is 0. The van der Waals surface area contributed by atoms with Crippen LogP contribution >= 0.6 is 0 Å². The van der Waals surface area contributed by atoms with Crippen LogP contribution in [0.3, 0.4) is 0 Å². The fourth-order valence-corrected chi connectivity index (χ4v) is 3.78. The van der Waals surface area contributed by atoms with Crippen molar-refractivity contribution in [3.8, 4) is 23.3 Å². The molecule has 1 atom stereocenters. The maximum atomic E-state index is 13.0. The molecule has 2 N–H and O–H groups in total. The summed E-state index contributed by atoms with van der Waals surface area (Å²) in [7, 11) is 0. The quantitative estimate of drug-likeness (QED) is 0.489. The van der Waals surface area contributed by atoms with E-state index >= 15 is 0 Å². The van der Waals surface area contributed by atoms with E-state index in [2.05, 4.69) is 6.07 Å². The van der Waals surface area contributed by atoms with Gasteiger partial charge < -0.3 is 19.6 Å². The van der Waals surface area contributed by atoms with Crippen molar-refractivity contribution in [2.75, 3.05) is 0 Å². The molecular weight excluding hydrogens is 392 g/mol. The lowest BCUT2D eigenvalue weighted by atomic mass is 9.84. The van der Waals surface area contributed by atoms with Crippen LogP contribution in [-0.2, 0) is 0 Å². The van der Waals surface area contributed by atoms with Gasteiger partial charge in [-0.25, -0.2) is 4.79 Å². The average Bonchev–Trinajstić information content (AvgIpc) is 2.79. The Morgan fingerprint density at radius 3 is 2.48 bits per heavy atom. The number of benzene rings is 3. The number of ether oxygens (including phenoxy) is 2. The van der Waals surface area contributed by atoms with Gasteiger partial charge in [0.2, 0.25) is 5.88 Å². The maximum Gasteiger partial charge on any atom is 0.344 e. The number of nitriles is 1. The van der Waals surface area contributed by atoms with Crippen LogP contribution in [0, 0.1) is 11.3 Å². The Morgan fingerprint density at radius 2 is 1.68 bits per heavy atom. The second-order valence-corrected chi connectivity index (χ2v) is 7.04. The Balaban J connectivity index is 1.69. The van der Waals surface area contributed by atoms with Crippen LogP contribution in [0.4, 0.5) is 0 Å². The van der Waals surface area contributed by atoms with Crippen molar-refractivity contribution in [2.45, 2.75) is 5.92 Å². The summed E-state index contributed by atoms with van der Waals surface area (Å²) in [6, 6.07) is 25.7. The third-order valence-electron chi connectivity index (χ3n) is 5.14. The molecule has 2 heterocycles. The minimum Gasteiger partial charge on any atom is -0.457 e. The lowest BCUT2D eigenvalue weighted by molar-refractivity contribution is 0.388. The first kappa shape index (κ1) is 18.5. The Morgan fingerprint density at radius 1 is 0.935 bits per heavy atom. The molecule has 0 spiro atoms. The van der Waals surface area contributed by atoms with E-state index in [-0.39, 0.29) is 17.0 Å². The van der Waals surface area contributed by atoms with Crippen molar-refractivity contribution >= 4 is 11.0 Å². The first-order valence-electron chi connectivity index (χ1n) is 9.62. The normalized spacial score (nSPS) is 15.1. The minimum atomic E-state index is -0.742. The first-order chi connectivity index (χ1) is 15.2. The zero-order valence-corrected chi connectivity index (χ0v) is 16.2. The van der Waals surface area contributed by atoms with Gasteiger partial charge in [0.25, 0.3) is 0 Å². The number of hydrogen-bond acceptors (Lipinski definition) is 6. The SMILES string of the molecule is N#CC1=C(N)Oc2c(c(=O)oc3ccccc23)C1c1cccc(Oc2ccccc2)c1. The molecule has 31 heavy (non-hydrogen) atoms. The van der Waals surface area contributed by atoms with E-state index < -0.39 is 11.5 Å². The van der Waals surface area contributed by atoms with Gasteiger partial charge in [0.15, 0.2) is 5.75 Å². The highest BCUT2D eigenvalue weighted by molar-refractivity contribution is 5.86. The molecule has 1 aliphatic heterocycles. The van der Waals surface area contributed by atoms with E-state index in [9.17, 15) is 10.1 Å². The van der Waals surface area contributed by atoms with E-state index in [1.807, 2.05) is 42.5 Å². The molecule has 5 rings (SSSR count). The molecule has 1 aliphatic rings. The molecule has 0 saturated carbocycles. The predicted molar refractivity (Wildman–Crippen MR) is 115 cm³/mol. The smallest absolute Gasteiger partial charge is 0.344 e. The van der Waals surface area contributed by atoms with E-state index in [1.165, 1.54) is 0 Å².